The number of amides is 1. The molecule has 4 heterocycles. The first-order valence-corrected chi connectivity index (χ1v) is 12.4. The molecule has 1 saturated carbocycles. The first-order valence-electron chi connectivity index (χ1n) is 11.5. The standard InChI is InChI=1S/C24H26N6OS/c31-23(17-7-1-2-8-17)28-12-6-13-29(15-14-28)24-25-19-10-4-3-9-18(19)21-26-27-22(30(21)24)20-11-5-16-32-20/h3-5,9-11,16-17H,1-2,6-8,12-15H2. The van der Waals surface area contributed by atoms with Crippen molar-refractivity contribution in [2.45, 2.75) is 32.1 Å². The Morgan fingerprint density at radius 2 is 1.81 bits per heavy atom. The third-order valence-corrected chi connectivity index (χ3v) is 7.63. The fourth-order valence-electron chi connectivity index (χ4n) is 5.11. The Bertz CT molecular complexity index is 1260. The Morgan fingerprint density at radius 3 is 2.66 bits per heavy atom. The number of rotatable bonds is 3. The van der Waals surface area contributed by atoms with Crippen LogP contribution in [0.4, 0.5) is 5.95 Å². The van der Waals surface area contributed by atoms with Gasteiger partial charge in [0, 0.05) is 37.5 Å². The molecule has 32 heavy (non-hydrogen) atoms. The first-order chi connectivity index (χ1) is 15.8. The van der Waals surface area contributed by atoms with Crippen LogP contribution >= 0.6 is 11.3 Å². The SMILES string of the molecule is O=C(C1CCCC1)N1CCCN(c2nc3ccccc3c3nnc(-c4cccs4)n23)CC1. The second-order valence-electron chi connectivity index (χ2n) is 8.74. The van der Waals surface area contributed by atoms with E-state index in [0.717, 1.165) is 78.6 Å². The van der Waals surface area contributed by atoms with Gasteiger partial charge >= 0.3 is 0 Å². The maximum Gasteiger partial charge on any atom is 0.225 e. The Balaban J connectivity index is 1.39. The van der Waals surface area contributed by atoms with E-state index in [0.29, 0.717) is 5.91 Å². The van der Waals surface area contributed by atoms with Gasteiger partial charge in [-0.2, -0.15) is 0 Å². The van der Waals surface area contributed by atoms with Crippen molar-refractivity contribution in [1.82, 2.24) is 24.5 Å². The summed E-state index contributed by atoms with van der Waals surface area (Å²) >= 11 is 1.66. The van der Waals surface area contributed by atoms with Gasteiger partial charge in [0.1, 0.15) is 0 Å². The summed E-state index contributed by atoms with van der Waals surface area (Å²) in [4.78, 5) is 23.6. The summed E-state index contributed by atoms with van der Waals surface area (Å²) in [5, 5.41) is 12.2. The lowest BCUT2D eigenvalue weighted by Gasteiger charge is -2.25. The molecular formula is C24H26N6OS. The van der Waals surface area contributed by atoms with Gasteiger partial charge in [0.15, 0.2) is 11.5 Å². The molecule has 3 aromatic heterocycles. The molecule has 1 aliphatic heterocycles. The molecule has 1 aromatic carbocycles. The Labute approximate surface area is 190 Å². The van der Waals surface area contributed by atoms with Crippen molar-refractivity contribution in [3.63, 3.8) is 0 Å². The predicted molar refractivity (Wildman–Crippen MR) is 127 cm³/mol. The third kappa shape index (κ3) is 3.33. The average molecular weight is 447 g/mol. The molecule has 1 amide bonds. The maximum atomic E-state index is 13.0. The smallest absolute Gasteiger partial charge is 0.225 e. The third-order valence-electron chi connectivity index (χ3n) is 6.76. The summed E-state index contributed by atoms with van der Waals surface area (Å²) in [6.45, 7) is 3.18. The molecule has 0 atom stereocenters. The summed E-state index contributed by atoms with van der Waals surface area (Å²) < 4.78 is 2.10. The van der Waals surface area contributed by atoms with Gasteiger partial charge in [-0.05, 0) is 42.8 Å². The first kappa shape index (κ1) is 19.7. The van der Waals surface area contributed by atoms with Crippen molar-refractivity contribution >= 4 is 39.7 Å². The molecule has 1 aliphatic carbocycles. The normalized spacial score (nSPS) is 18.0. The van der Waals surface area contributed by atoms with E-state index in [1.165, 1.54) is 12.8 Å². The van der Waals surface area contributed by atoms with E-state index < -0.39 is 0 Å². The van der Waals surface area contributed by atoms with Crippen LogP contribution in [-0.2, 0) is 4.79 Å². The molecule has 0 radical (unpaired) electrons. The molecule has 0 unspecified atom stereocenters. The van der Waals surface area contributed by atoms with Crippen molar-refractivity contribution < 1.29 is 4.79 Å². The van der Waals surface area contributed by atoms with E-state index in [1.54, 1.807) is 11.3 Å². The van der Waals surface area contributed by atoms with Gasteiger partial charge in [-0.25, -0.2) is 9.38 Å². The lowest BCUT2D eigenvalue weighted by molar-refractivity contribution is -0.135. The molecule has 8 heteroatoms. The van der Waals surface area contributed by atoms with Crippen molar-refractivity contribution in [3.05, 3.63) is 41.8 Å². The number of aromatic nitrogens is 4. The van der Waals surface area contributed by atoms with E-state index in [-0.39, 0.29) is 5.92 Å². The van der Waals surface area contributed by atoms with Crippen LogP contribution in [0.2, 0.25) is 0 Å². The minimum absolute atomic E-state index is 0.232. The number of anilines is 1. The van der Waals surface area contributed by atoms with Crippen LogP contribution in [-0.4, -0.2) is 56.6 Å². The van der Waals surface area contributed by atoms with Crippen molar-refractivity contribution in [1.29, 1.82) is 0 Å². The summed E-state index contributed by atoms with van der Waals surface area (Å²) in [6.07, 6.45) is 5.42. The zero-order chi connectivity index (χ0) is 21.5. The Kier molecular flexibility index (Phi) is 5.02. The van der Waals surface area contributed by atoms with Gasteiger partial charge < -0.3 is 9.80 Å². The van der Waals surface area contributed by atoms with Gasteiger partial charge in [0.25, 0.3) is 0 Å². The number of nitrogens with zero attached hydrogens (tertiary/aromatic N) is 6. The van der Waals surface area contributed by atoms with E-state index >= 15 is 0 Å². The topological polar surface area (TPSA) is 66.6 Å². The number of carbonyl (C=O) groups excluding carboxylic acids is 1. The number of fused-ring (bicyclic) bond motifs is 3. The molecule has 6 rings (SSSR count). The fraction of sp³-hybridized carbons (Fsp3) is 0.417. The van der Waals surface area contributed by atoms with Crippen LogP contribution < -0.4 is 4.90 Å². The van der Waals surface area contributed by atoms with Crippen molar-refractivity contribution in [2.75, 3.05) is 31.1 Å². The van der Waals surface area contributed by atoms with Crippen LogP contribution in [0.15, 0.2) is 41.8 Å². The molecule has 4 aromatic rings. The monoisotopic (exact) mass is 446 g/mol. The Morgan fingerprint density at radius 1 is 0.938 bits per heavy atom. The van der Waals surface area contributed by atoms with E-state index in [2.05, 4.69) is 41.9 Å². The highest BCUT2D eigenvalue weighted by Crippen LogP contribution is 2.31. The number of benzene rings is 1. The van der Waals surface area contributed by atoms with Crippen LogP contribution in [0.25, 0.3) is 27.3 Å². The van der Waals surface area contributed by atoms with Crippen molar-refractivity contribution in [2.24, 2.45) is 5.92 Å². The molecule has 1 saturated heterocycles. The molecule has 0 bridgehead atoms. The molecule has 0 N–H and O–H groups in total. The number of hydrogen-bond donors (Lipinski definition) is 0. The summed E-state index contributed by atoms with van der Waals surface area (Å²) in [5.41, 5.74) is 1.75. The molecule has 7 nitrogen and oxygen atoms in total. The van der Waals surface area contributed by atoms with Gasteiger partial charge in [0.2, 0.25) is 11.9 Å². The maximum absolute atomic E-state index is 13.0. The van der Waals surface area contributed by atoms with Gasteiger partial charge in [0.05, 0.1) is 10.4 Å². The second-order valence-corrected chi connectivity index (χ2v) is 9.68. The largest absolute Gasteiger partial charge is 0.341 e. The minimum atomic E-state index is 0.232. The fourth-order valence-corrected chi connectivity index (χ4v) is 5.81. The number of hydrogen-bond acceptors (Lipinski definition) is 6. The quantitative estimate of drug-likeness (QED) is 0.471. The summed E-state index contributed by atoms with van der Waals surface area (Å²) in [7, 11) is 0. The lowest BCUT2D eigenvalue weighted by atomic mass is 10.1. The molecule has 2 aliphatic rings. The van der Waals surface area contributed by atoms with E-state index in [1.807, 2.05) is 24.3 Å². The highest BCUT2D eigenvalue weighted by molar-refractivity contribution is 7.13. The molecular weight excluding hydrogens is 420 g/mol. The summed E-state index contributed by atoms with van der Waals surface area (Å²) in [5.74, 6) is 2.27. The van der Waals surface area contributed by atoms with E-state index in [4.69, 9.17) is 4.98 Å². The second kappa shape index (κ2) is 8.16. The van der Waals surface area contributed by atoms with Crippen molar-refractivity contribution in [3.8, 4) is 10.7 Å². The Hall–Kier alpha value is -3.00. The minimum Gasteiger partial charge on any atom is -0.341 e. The predicted octanol–water partition coefficient (Wildman–Crippen LogP) is 4.23. The number of thiophene rings is 1. The average Bonchev–Trinajstić information content (AvgIpc) is 3.57. The van der Waals surface area contributed by atoms with E-state index in [9.17, 15) is 4.79 Å². The van der Waals surface area contributed by atoms with Gasteiger partial charge in [-0.15, -0.1) is 21.5 Å². The van der Waals surface area contributed by atoms with Crippen LogP contribution in [0.5, 0.6) is 0 Å². The van der Waals surface area contributed by atoms with Gasteiger partial charge in [-0.3, -0.25) is 4.79 Å². The number of para-hydroxylation sites is 1. The molecule has 164 valence electrons. The van der Waals surface area contributed by atoms with Crippen LogP contribution in [0.3, 0.4) is 0 Å². The number of carbonyl (C=O) groups is 1. The zero-order valence-electron chi connectivity index (χ0n) is 18.0. The van der Waals surface area contributed by atoms with Crippen LogP contribution in [0, 0.1) is 5.92 Å². The highest BCUT2D eigenvalue weighted by atomic mass is 32.1. The summed E-state index contributed by atoms with van der Waals surface area (Å²) in [6, 6.07) is 12.2. The molecule has 0 spiro atoms. The van der Waals surface area contributed by atoms with Gasteiger partial charge in [-0.1, -0.05) is 31.0 Å². The van der Waals surface area contributed by atoms with Crippen LogP contribution in [0.1, 0.15) is 32.1 Å². The lowest BCUT2D eigenvalue weighted by Crippen LogP contribution is -2.38. The highest BCUT2D eigenvalue weighted by Gasteiger charge is 2.29. The molecule has 2 fully saturated rings. The zero-order valence-corrected chi connectivity index (χ0v) is 18.8.